The molecule has 2 rings (SSSR count). The van der Waals surface area contributed by atoms with Gasteiger partial charge in [0.25, 0.3) is 0 Å². The fraction of sp³-hybridized carbons (Fsp3) is 0.182. The molecule has 0 saturated carbocycles. The zero-order valence-corrected chi connectivity index (χ0v) is 9.06. The number of benzene rings is 1. The Kier molecular flexibility index (Phi) is 3.82. The number of amides is 1. The molecule has 0 bridgehead atoms. The molecule has 90 valence electrons. The van der Waals surface area contributed by atoms with Crippen LogP contribution in [0.5, 0.6) is 0 Å². The van der Waals surface area contributed by atoms with E-state index in [-0.39, 0.29) is 17.0 Å². The predicted octanol–water partition coefficient (Wildman–Crippen LogP) is 0.508. The summed E-state index contributed by atoms with van der Waals surface area (Å²) in [6, 6.07) is 4.01. The van der Waals surface area contributed by atoms with E-state index in [0.29, 0.717) is 12.1 Å². The number of nitrogens with one attached hydrogen (secondary N) is 1. The highest BCUT2D eigenvalue weighted by atomic mass is 16.4. The van der Waals surface area contributed by atoms with Crippen LogP contribution in [0, 0.1) is 6.92 Å². The van der Waals surface area contributed by atoms with Gasteiger partial charge in [0.2, 0.25) is 5.91 Å². The second kappa shape index (κ2) is 5.11. The summed E-state index contributed by atoms with van der Waals surface area (Å²) in [5.41, 5.74) is 0.570. The van der Waals surface area contributed by atoms with Gasteiger partial charge in [-0.1, -0.05) is 6.07 Å². The maximum Gasteiger partial charge on any atom is 0.335 e. The summed E-state index contributed by atoms with van der Waals surface area (Å²) < 4.78 is 0. The quantitative estimate of drug-likeness (QED) is 0.648. The van der Waals surface area contributed by atoms with Crippen LogP contribution in [0.3, 0.4) is 0 Å². The molecule has 0 atom stereocenters. The summed E-state index contributed by atoms with van der Waals surface area (Å²) in [5, 5.41) is 19.7. The molecule has 1 aliphatic rings. The van der Waals surface area contributed by atoms with Crippen molar-refractivity contribution in [3.8, 4) is 0 Å². The van der Waals surface area contributed by atoms with E-state index in [4.69, 9.17) is 10.2 Å². The smallest absolute Gasteiger partial charge is 0.335 e. The number of carboxylic acid groups (broad SMARTS) is 2. The second-order valence-electron chi connectivity index (χ2n) is 3.42. The van der Waals surface area contributed by atoms with Crippen LogP contribution in [0.25, 0.3) is 0 Å². The number of hydrogen-bond acceptors (Lipinski definition) is 3. The monoisotopic (exact) mass is 237 g/mol. The van der Waals surface area contributed by atoms with E-state index in [1.807, 2.05) is 0 Å². The van der Waals surface area contributed by atoms with Gasteiger partial charge in [-0.05, 0) is 24.6 Å². The van der Waals surface area contributed by atoms with Gasteiger partial charge < -0.3 is 15.5 Å². The SMILES string of the molecule is Cc1ccc(C(=O)O)cc1C(=O)O.O=C1CN1. The minimum atomic E-state index is -1.12. The zero-order chi connectivity index (χ0) is 13.0. The first kappa shape index (κ1) is 12.7. The van der Waals surface area contributed by atoms with Crippen molar-refractivity contribution in [1.29, 1.82) is 0 Å². The van der Waals surface area contributed by atoms with E-state index in [1.54, 1.807) is 6.92 Å². The molecule has 1 fully saturated rings. The molecule has 17 heavy (non-hydrogen) atoms. The topological polar surface area (TPSA) is 114 Å². The molecule has 1 saturated heterocycles. The minimum absolute atomic E-state index is 0.0111. The van der Waals surface area contributed by atoms with Crippen molar-refractivity contribution in [3.05, 3.63) is 34.9 Å². The van der Waals surface area contributed by atoms with Crippen LogP contribution in [-0.2, 0) is 4.79 Å². The Morgan fingerprint density at radius 1 is 1.24 bits per heavy atom. The summed E-state index contributed by atoms with van der Waals surface area (Å²) in [4.78, 5) is 30.5. The molecule has 6 nitrogen and oxygen atoms in total. The number of hydrogen-bond donors (Lipinski definition) is 3. The van der Waals surface area contributed by atoms with Gasteiger partial charge in [0, 0.05) is 0 Å². The molecule has 0 aliphatic carbocycles. The van der Waals surface area contributed by atoms with Gasteiger partial charge in [0.05, 0.1) is 17.7 Å². The van der Waals surface area contributed by atoms with Gasteiger partial charge in [-0.25, -0.2) is 9.59 Å². The lowest BCUT2D eigenvalue weighted by Gasteiger charge is -2.01. The highest BCUT2D eigenvalue weighted by molar-refractivity contribution is 5.94. The first-order valence-electron chi connectivity index (χ1n) is 4.75. The normalized spacial score (nSPS) is 11.9. The van der Waals surface area contributed by atoms with Crippen molar-refractivity contribution in [1.82, 2.24) is 5.32 Å². The predicted molar refractivity (Wildman–Crippen MR) is 58.1 cm³/mol. The number of carbonyl (C=O) groups excluding carboxylic acids is 1. The van der Waals surface area contributed by atoms with Crippen LogP contribution in [0.2, 0.25) is 0 Å². The van der Waals surface area contributed by atoms with Crippen LogP contribution in [0.15, 0.2) is 18.2 Å². The third kappa shape index (κ3) is 3.94. The molecule has 1 aromatic rings. The fourth-order valence-electron chi connectivity index (χ4n) is 1.02. The van der Waals surface area contributed by atoms with Crippen LogP contribution in [0.4, 0.5) is 0 Å². The Balaban J connectivity index is 0.000000302. The van der Waals surface area contributed by atoms with Crippen molar-refractivity contribution < 1.29 is 24.6 Å². The first-order chi connectivity index (χ1) is 7.91. The van der Waals surface area contributed by atoms with Crippen molar-refractivity contribution in [2.45, 2.75) is 6.92 Å². The Hall–Kier alpha value is -2.37. The maximum atomic E-state index is 10.6. The molecular weight excluding hydrogens is 226 g/mol. The number of aryl methyl sites for hydroxylation is 1. The Morgan fingerprint density at radius 3 is 2.12 bits per heavy atom. The number of aromatic carboxylic acids is 2. The van der Waals surface area contributed by atoms with Gasteiger partial charge in [-0.2, -0.15) is 0 Å². The van der Waals surface area contributed by atoms with E-state index < -0.39 is 11.9 Å². The lowest BCUT2D eigenvalue weighted by Crippen LogP contribution is -2.03. The third-order valence-electron chi connectivity index (χ3n) is 2.04. The molecule has 0 radical (unpaired) electrons. The standard InChI is InChI=1S/C9H8O4.C2H3NO/c1-5-2-3-6(8(10)11)4-7(5)9(12)13;4-2-1-3-2/h2-4H,1H3,(H,10,11)(H,12,13);1H2,(H,3,4). The maximum absolute atomic E-state index is 10.6. The van der Waals surface area contributed by atoms with E-state index in [0.717, 1.165) is 6.07 Å². The van der Waals surface area contributed by atoms with Crippen LogP contribution in [-0.4, -0.2) is 34.6 Å². The molecule has 6 heteroatoms. The number of carbonyl (C=O) groups is 3. The molecule has 3 N–H and O–H groups in total. The fourth-order valence-corrected chi connectivity index (χ4v) is 1.02. The number of rotatable bonds is 2. The molecular formula is C11H11NO5. The molecule has 0 aromatic heterocycles. The zero-order valence-electron chi connectivity index (χ0n) is 9.06. The van der Waals surface area contributed by atoms with Crippen molar-refractivity contribution >= 4 is 17.8 Å². The summed E-state index contributed by atoms with van der Waals surface area (Å²) in [6.45, 7) is 2.22. The Morgan fingerprint density at radius 2 is 1.76 bits per heavy atom. The molecule has 1 heterocycles. The average molecular weight is 237 g/mol. The second-order valence-corrected chi connectivity index (χ2v) is 3.42. The van der Waals surface area contributed by atoms with Crippen LogP contribution in [0.1, 0.15) is 26.3 Å². The van der Waals surface area contributed by atoms with Crippen molar-refractivity contribution in [2.75, 3.05) is 6.54 Å². The molecule has 1 amide bonds. The van der Waals surface area contributed by atoms with Crippen molar-refractivity contribution in [2.24, 2.45) is 0 Å². The van der Waals surface area contributed by atoms with E-state index in [1.165, 1.54) is 12.1 Å². The van der Waals surface area contributed by atoms with Crippen LogP contribution >= 0.6 is 0 Å². The van der Waals surface area contributed by atoms with Gasteiger partial charge in [-0.15, -0.1) is 0 Å². The largest absolute Gasteiger partial charge is 0.478 e. The van der Waals surface area contributed by atoms with Gasteiger partial charge in [0.15, 0.2) is 0 Å². The van der Waals surface area contributed by atoms with Gasteiger partial charge >= 0.3 is 11.9 Å². The summed E-state index contributed by atoms with van der Waals surface area (Å²) in [6.07, 6.45) is 0. The number of carboxylic acids is 2. The lowest BCUT2D eigenvalue weighted by molar-refractivity contribution is -0.110. The molecule has 1 aromatic carbocycles. The van der Waals surface area contributed by atoms with E-state index in [2.05, 4.69) is 5.32 Å². The Bertz CT molecular complexity index is 475. The highest BCUT2D eigenvalue weighted by Crippen LogP contribution is 2.11. The van der Waals surface area contributed by atoms with Gasteiger partial charge in [-0.3, -0.25) is 4.79 Å². The summed E-state index contributed by atoms with van der Waals surface area (Å²) >= 11 is 0. The minimum Gasteiger partial charge on any atom is -0.478 e. The lowest BCUT2D eigenvalue weighted by atomic mass is 10.1. The highest BCUT2D eigenvalue weighted by Gasteiger charge is 2.11. The Labute approximate surface area is 96.9 Å². The average Bonchev–Trinajstić information content (AvgIpc) is 3.01. The molecule has 1 aliphatic heterocycles. The van der Waals surface area contributed by atoms with Gasteiger partial charge in [0.1, 0.15) is 0 Å². The van der Waals surface area contributed by atoms with E-state index in [9.17, 15) is 14.4 Å². The van der Waals surface area contributed by atoms with Crippen LogP contribution < -0.4 is 5.32 Å². The first-order valence-corrected chi connectivity index (χ1v) is 4.75. The summed E-state index contributed by atoms with van der Waals surface area (Å²) in [5.74, 6) is -2.07. The van der Waals surface area contributed by atoms with E-state index >= 15 is 0 Å². The molecule has 0 spiro atoms. The summed E-state index contributed by atoms with van der Waals surface area (Å²) in [7, 11) is 0. The third-order valence-corrected chi connectivity index (χ3v) is 2.04. The van der Waals surface area contributed by atoms with Crippen molar-refractivity contribution in [3.63, 3.8) is 0 Å². The molecule has 0 unspecified atom stereocenters.